The molecule has 0 aromatic heterocycles. The van der Waals surface area contributed by atoms with E-state index in [2.05, 4.69) is 6.58 Å². The van der Waals surface area contributed by atoms with Crippen molar-refractivity contribution in [1.29, 1.82) is 0 Å². The average Bonchev–Trinajstić information content (AvgIpc) is 2.19. The Morgan fingerprint density at radius 1 is 1.60 bits per heavy atom. The molecule has 0 spiro atoms. The molecule has 1 rings (SSSR count). The van der Waals surface area contributed by atoms with Crippen LogP contribution in [0.2, 0.25) is 0 Å². The van der Waals surface area contributed by atoms with E-state index in [1.807, 2.05) is 0 Å². The molecule has 1 heterocycles. The van der Waals surface area contributed by atoms with E-state index < -0.39 is 5.60 Å². The van der Waals surface area contributed by atoms with Crippen molar-refractivity contribution in [2.75, 3.05) is 13.2 Å². The highest BCUT2D eigenvalue weighted by atomic mass is 16.7. The first-order chi connectivity index (χ1) is 7.14. The average molecular weight is 214 g/mol. The van der Waals surface area contributed by atoms with Gasteiger partial charge in [0.05, 0.1) is 12.2 Å². The minimum Gasteiger partial charge on any atom is -0.390 e. The molecule has 0 aliphatic carbocycles. The fraction of sp³-hybridized carbons (Fsp3) is 0.833. The second-order valence-electron chi connectivity index (χ2n) is 4.41. The van der Waals surface area contributed by atoms with Crippen molar-refractivity contribution in [2.45, 2.75) is 50.9 Å². The molecule has 0 radical (unpaired) electrons. The smallest absolute Gasteiger partial charge is 0.157 e. The van der Waals surface area contributed by atoms with E-state index in [0.29, 0.717) is 19.4 Å². The zero-order valence-corrected chi connectivity index (χ0v) is 9.58. The third kappa shape index (κ3) is 5.30. The molecule has 1 aliphatic rings. The van der Waals surface area contributed by atoms with E-state index >= 15 is 0 Å². The first-order valence-electron chi connectivity index (χ1n) is 5.70. The summed E-state index contributed by atoms with van der Waals surface area (Å²) in [6.07, 6.45) is 6.18. The maximum atomic E-state index is 9.85. The Kier molecular flexibility index (Phi) is 5.29. The maximum absolute atomic E-state index is 9.85. The molecule has 0 saturated carbocycles. The highest BCUT2D eigenvalue weighted by Gasteiger charge is 2.20. The zero-order valence-electron chi connectivity index (χ0n) is 9.58. The monoisotopic (exact) mass is 214 g/mol. The summed E-state index contributed by atoms with van der Waals surface area (Å²) < 4.78 is 11.0. The Morgan fingerprint density at radius 3 is 3.00 bits per heavy atom. The molecule has 2 unspecified atom stereocenters. The molecule has 3 heteroatoms. The van der Waals surface area contributed by atoms with Gasteiger partial charge in [0.1, 0.15) is 0 Å². The summed E-state index contributed by atoms with van der Waals surface area (Å²) in [5, 5.41) is 9.85. The topological polar surface area (TPSA) is 38.7 Å². The van der Waals surface area contributed by atoms with Crippen molar-refractivity contribution in [2.24, 2.45) is 0 Å². The van der Waals surface area contributed by atoms with Gasteiger partial charge in [0.15, 0.2) is 6.29 Å². The van der Waals surface area contributed by atoms with Crippen molar-refractivity contribution in [3.63, 3.8) is 0 Å². The second kappa shape index (κ2) is 6.26. The fourth-order valence-electron chi connectivity index (χ4n) is 1.67. The molecule has 1 aliphatic heterocycles. The van der Waals surface area contributed by atoms with E-state index in [-0.39, 0.29) is 6.29 Å². The lowest BCUT2D eigenvalue weighted by molar-refractivity contribution is -0.168. The predicted octanol–water partition coefficient (Wildman–Crippen LogP) is 2.25. The van der Waals surface area contributed by atoms with Gasteiger partial charge < -0.3 is 14.6 Å². The van der Waals surface area contributed by atoms with Crippen LogP contribution in [-0.4, -0.2) is 30.2 Å². The van der Waals surface area contributed by atoms with Crippen molar-refractivity contribution in [1.82, 2.24) is 0 Å². The van der Waals surface area contributed by atoms with E-state index in [0.717, 1.165) is 19.4 Å². The van der Waals surface area contributed by atoms with Gasteiger partial charge in [-0.3, -0.25) is 0 Å². The quantitative estimate of drug-likeness (QED) is 0.689. The minimum atomic E-state index is -0.698. The number of hydrogen-bond acceptors (Lipinski definition) is 3. The Balaban J connectivity index is 2.11. The molecule has 3 nitrogen and oxygen atoms in total. The van der Waals surface area contributed by atoms with Gasteiger partial charge in [-0.2, -0.15) is 0 Å². The van der Waals surface area contributed by atoms with Gasteiger partial charge in [0, 0.05) is 6.61 Å². The van der Waals surface area contributed by atoms with E-state index in [4.69, 9.17) is 9.47 Å². The molecular weight excluding hydrogens is 192 g/mol. The zero-order chi connectivity index (χ0) is 11.1. The molecule has 2 atom stereocenters. The van der Waals surface area contributed by atoms with Crippen LogP contribution >= 0.6 is 0 Å². The number of rotatable bonds is 6. The lowest BCUT2D eigenvalue weighted by atomic mass is 9.99. The summed E-state index contributed by atoms with van der Waals surface area (Å²) in [7, 11) is 0. The molecule has 1 fully saturated rings. The molecule has 0 bridgehead atoms. The van der Waals surface area contributed by atoms with E-state index in [1.165, 1.54) is 6.42 Å². The first kappa shape index (κ1) is 12.7. The number of aliphatic hydroxyl groups is 1. The van der Waals surface area contributed by atoms with Crippen LogP contribution in [0, 0.1) is 0 Å². The maximum Gasteiger partial charge on any atom is 0.157 e. The summed E-state index contributed by atoms with van der Waals surface area (Å²) in [5.74, 6) is 0. The third-order valence-electron chi connectivity index (χ3n) is 2.67. The summed E-state index contributed by atoms with van der Waals surface area (Å²) in [6.45, 7) is 6.77. The van der Waals surface area contributed by atoms with Crippen LogP contribution in [0.3, 0.4) is 0 Å². The normalized spacial score (nSPS) is 25.9. The second-order valence-corrected chi connectivity index (χ2v) is 4.41. The van der Waals surface area contributed by atoms with Gasteiger partial charge in [-0.1, -0.05) is 6.08 Å². The highest BCUT2D eigenvalue weighted by molar-refractivity contribution is 4.82. The largest absolute Gasteiger partial charge is 0.390 e. The van der Waals surface area contributed by atoms with Crippen molar-refractivity contribution in [3.05, 3.63) is 12.7 Å². The summed E-state index contributed by atoms with van der Waals surface area (Å²) in [6, 6.07) is 0. The predicted molar refractivity (Wildman–Crippen MR) is 59.6 cm³/mol. The van der Waals surface area contributed by atoms with Crippen molar-refractivity contribution in [3.8, 4) is 0 Å². The Bertz CT molecular complexity index is 183. The van der Waals surface area contributed by atoms with E-state index in [1.54, 1.807) is 13.0 Å². The van der Waals surface area contributed by atoms with Crippen LogP contribution in [0.5, 0.6) is 0 Å². The van der Waals surface area contributed by atoms with Gasteiger partial charge in [0.2, 0.25) is 0 Å². The van der Waals surface area contributed by atoms with E-state index in [9.17, 15) is 5.11 Å². The minimum absolute atomic E-state index is 0.0571. The van der Waals surface area contributed by atoms with Crippen LogP contribution in [0.1, 0.15) is 39.0 Å². The van der Waals surface area contributed by atoms with Gasteiger partial charge in [-0.15, -0.1) is 6.58 Å². The first-order valence-corrected chi connectivity index (χ1v) is 5.70. The van der Waals surface area contributed by atoms with Gasteiger partial charge in [-0.05, 0) is 39.0 Å². The molecule has 1 N–H and O–H groups in total. The third-order valence-corrected chi connectivity index (χ3v) is 2.67. The lowest BCUT2D eigenvalue weighted by Crippen LogP contribution is -2.28. The van der Waals surface area contributed by atoms with Crippen LogP contribution in [0.25, 0.3) is 0 Å². The van der Waals surface area contributed by atoms with Crippen LogP contribution in [0.15, 0.2) is 12.7 Å². The van der Waals surface area contributed by atoms with Gasteiger partial charge in [0.25, 0.3) is 0 Å². The summed E-state index contributed by atoms with van der Waals surface area (Å²) in [4.78, 5) is 0. The Labute approximate surface area is 92.1 Å². The van der Waals surface area contributed by atoms with Gasteiger partial charge in [-0.25, -0.2) is 0 Å². The molecular formula is C12H22O3. The van der Waals surface area contributed by atoms with Crippen molar-refractivity contribution >= 4 is 0 Å². The molecule has 1 saturated heterocycles. The van der Waals surface area contributed by atoms with Crippen LogP contribution < -0.4 is 0 Å². The number of hydrogen-bond donors (Lipinski definition) is 1. The fourth-order valence-corrected chi connectivity index (χ4v) is 1.67. The molecule has 0 amide bonds. The molecule has 15 heavy (non-hydrogen) atoms. The van der Waals surface area contributed by atoms with Gasteiger partial charge >= 0.3 is 0 Å². The molecule has 0 aromatic rings. The molecule has 88 valence electrons. The highest BCUT2D eigenvalue weighted by Crippen LogP contribution is 2.18. The van der Waals surface area contributed by atoms with Crippen LogP contribution in [0.4, 0.5) is 0 Å². The van der Waals surface area contributed by atoms with Crippen molar-refractivity contribution < 1.29 is 14.6 Å². The van der Waals surface area contributed by atoms with Crippen LogP contribution in [-0.2, 0) is 9.47 Å². The Morgan fingerprint density at radius 2 is 2.40 bits per heavy atom. The summed E-state index contributed by atoms with van der Waals surface area (Å²) >= 11 is 0. The molecule has 0 aromatic carbocycles. The standard InChI is InChI=1S/C12H22O3/c1-3-7-12(2,13)8-10-15-11-6-4-5-9-14-11/h3,11,13H,1,4-10H2,2H3. The Hall–Kier alpha value is -0.380. The number of ether oxygens (including phenoxy) is 2. The lowest BCUT2D eigenvalue weighted by Gasteiger charge is -2.26. The summed E-state index contributed by atoms with van der Waals surface area (Å²) in [5.41, 5.74) is -0.698. The SMILES string of the molecule is C=CCC(C)(O)CCOC1CCCCO1.